The van der Waals surface area contributed by atoms with Crippen LogP contribution in [-0.2, 0) is 12.0 Å². The minimum absolute atomic E-state index is 0.390. The molecule has 1 saturated heterocycles. The summed E-state index contributed by atoms with van der Waals surface area (Å²) in [5, 5.41) is 4.18. The summed E-state index contributed by atoms with van der Waals surface area (Å²) in [7, 11) is 4.34. The molecule has 2 fully saturated rings. The van der Waals surface area contributed by atoms with Crippen molar-refractivity contribution in [3.63, 3.8) is 0 Å². The molecule has 1 atom stereocenters. The zero-order valence-corrected chi connectivity index (χ0v) is 13.2. The van der Waals surface area contributed by atoms with Crippen LogP contribution >= 0.6 is 0 Å². The first-order chi connectivity index (χ1) is 10.1. The summed E-state index contributed by atoms with van der Waals surface area (Å²) in [5.74, 6) is 1.44. The van der Waals surface area contributed by atoms with E-state index in [1.807, 2.05) is 0 Å². The Kier molecular flexibility index (Phi) is 4.28. The van der Waals surface area contributed by atoms with E-state index in [1.54, 1.807) is 0 Å². The van der Waals surface area contributed by atoms with Crippen LogP contribution < -0.4 is 5.73 Å². The Morgan fingerprint density at radius 1 is 1.24 bits per heavy atom. The highest BCUT2D eigenvalue weighted by Gasteiger charge is 2.35. The smallest absolute Gasteiger partial charge is 0.246 e. The van der Waals surface area contributed by atoms with E-state index >= 15 is 0 Å². The van der Waals surface area contributed by atoms with E-state index in [2.05, 4.69) is 34.0 Å². The minimum Gasteiger partial charge on any atom is -0.337 e. The maximum absolute atomic E-state index is 6.46. The molecular weight excluding hydrogens is 266 g/mol. The van der Waals surface area contributed by atoms with Crippen LogP contribution in [-0.4, -0.2) is 59.7 Å². The van der Waals surface area contributed by atoms with Crippen molar-refractivity contribution >= 4 is 0 Å². The summed E-state index contributed by atoms with van der Waals surface area (Å²) >= 11 is 0. The van der Waals surface area contributed by atoms with Gasteiger partial charge >= 0.3 is 0 Å². The second kappa shape index (κ2) is 6.02. The van der Waals surface area contributed by atoms with Crippen LogP contribution in [0.15, 0.2) is 4.52 Å². The van der Waals surface area contributed by atoms with Gasteiger partial charge in [-0.3, -0.25) is 0 Å². The first kappa shape index (κ1) is 14.9. The Morgan fingerprint density at radius 3 is 2.76 bits per heavy atom. The number of aromatic nitrogens is 2. The van der Waals surface area contributed by atoms with Crippen LogP contribution in [0.5, 0.6) is 0 Å². The van der Waals surface area contributed by atoms with E-state index in [0.717, 1.165) is 57.6 Å². The Balaban J connectivity index is 1.67. The van der Waals surface area contributed by atoms with Gasteiger partial charge in [-0.2, -0.15) is 4.98 Å². The van der Waals surface area contributed by atoms with Gasteiger partial charge in [-0.25, -0.2) is 0 Å². The standard InChI is InChI=1S/C15H27N5O/c1-19-8-9-20(2)12(11-19)10-13-17-14(21-18-13)15(16)6-4-3-5-7-15/h12H,3-11,16H2,1-2H3. The highest BCUT2D eigenvalue weighted by atomic mass is 16.5. The summed E-state index contributed by atoms with van der Waals surface area (Å²) in [5.41, 5.74) is 6.07. The Bertz CT molecular complexity index is 468. The Hall–Kier alpha value is -0.980. The number of likely N-dealkylation sites (N-methyl/N-ethyl adjacent to an activating group) is 2. The molecule has 2 N–H and O–H groups in total. The molecule has 2 aliphatic rings. The number of rotatable bonds is 3. The van der Waals surface area contributed by atoms with Gasteiger partial charge in [0, 0.05) is 32.1 Å². The first-order valence-electron chi connectivity index (χ1n) is 8.07. The van der Waals surface area contributed by atoms with Gasteiger partial charge in [-0.05, 0) is 26.9 Å². The van der Waals surface area contributed by atoms with E-state index in [9.17, 15) is 0 Å². The van der Waals surface area contributed by atoms with Crippen LogP contribution in [0.3, 0.4) is 0 Å². The third-order valence-corrected chi connectivity index (χ3v) is 5.04. The van der Waals surface area contributed by atoms with Crippen molar-refractivity contribution < 1.29 is 4.52 Å². The van der Waals surface area contributed by atoms with Gasteiger partial charge in [0.1, 0.15) is 0 Å². The second-order valence-electron chi connectivity index (χ2n) is 6.83. The van der Waals surface area contributed by atoms with E-state index < -0.39 is 5.54 Å². The molecule has 21 heavy (non-hydrogen) atoms. The molecule has 118 valence electrons. The Labute approximate surface area is 126 Å². The van der Waals surface area contributed by atoms with Gasteiger partial charge in [-0.15, -0.1) is 0 Å². The summed E-state index contributed by atoms with van der Waals surface area (Å²) in [6, 6.07) is 0.453. The van der Waals surface area contributed by atoms with Gasteiger partial charge in [-0.1, -0.05) is 24.4 Å². The molecule has 0 bridgehead atoms. The summed E-state index contributed by atoms with van der Waals surface area (Å²) < 4.78 is 5.49. The molecule has 0 aromatic carbocycles. The van der Waals surface area contributed by atoms with Crippen LogP contribution in [0.1, 0.15) is 43.8 Å². The molecule has 1 aromatic rings. The maximum atomic E-state index is 6.46. The van der Waals surface area contributed by atoms with Crippen molar-refractivity contribution in [1.82, 2.24) is 19.9 Å². The predicted molar refractivity (Wildman–Crippen MR) is 80.9 cm³/mol. The fourth-order valence-electron chi connectivity index (χ4n) is 3.47. The largest absolute Gasteiger partial charge is 0.337 e. The molecule has 1 saturated carbocycles. The van der Waals surface area contributed by atoms with Crippen LogP contribution in [0.2, 0.25) is 0 Å². The number of nitrogens with zero attached hydrogens (tertiary/aromatic N) is 4. The molecule has 2 heterocycles. The van der Waals surface area contributed by atoms with E-state index in [1.165, 1.54) is 6.42 Å². The van der Waals surface area contributed by atoms with Crippen LogP contribution in [0, 0.1) is 0 Å². The van der Waals surface area contributed by atoms with Crippen molar-refractivity contribution in [3.8, 4) is 0 Å². The SMILES string of the molecule is CN1CCN(C)C(Cc2noc(C3(N)CCCCC3)n2)C1. The lowest BCUT2D eigenvalue weighted by Gasteiger charge is -2.37. The van der Waals surface area contributed by atoms with E-state index in [-0.39, 0.29) is 0 Å². The van der Waals surface area contributed by atoms with Crippen molar-refractivity contribution in [2.45, 2.75) is 50.1 Å². The molecular formula is C15H27N5O. The highest BCUT2D eigenvalue weighted by molar-refractivity contribution is 5.04. The zero-order chi connectivity index (χ0) is 14.9. The minimum atomic E-state index is -0.390. The summed E-state index contributed by atoms with van der Waals surface area (Å²) in [4.78, 5) is 9.35. The molecule has 3 rings (SSSR count). The van der Waals surface area contributed by atoms with Crippen molar-refractivity contribution in [3.05, 3.63) is 11.7 Å². The van der Waals surface area contributed by atoms with E-state index in [4.69, 9.17) is 10.3 Å². The summed E-state index contributed by atoms with van der Waals surface area (Å²) in [6.07, 6.45) is 6.33. The number of hydrogen-bond acceptors (Lipinski definition) is 6. The quantitative estimate of drug-likeness (QED) is 0.895. The van der Waals surface area contributed by atoms with Crippen molar-refractivity contribution in [1.29, 1.82) is 0 Å². The molecule has 6 heteroatoms. The van der Waals surface area contributed by atoms with Gasteiger partial charge in [0.25, 0.3) is 0 Å². The lowest BCUT2D eigenvalue weighted by atomic mass is 9.82. The summed E-state index contributed by atoms with van der Waals surface area (Å²) in [6.45, 7) is 3.26. The average Bonchev–Trinajstić information content (AvgIpc) is 2.93. The number of nitrogens with two attached hydrogens (primary N) is 1. The monoisotopic (exact) mass is 293 g/mol. The fourth-order valence-corrected chi connectivity index (χ4v) is 3.47. The van der Waals surface area contributed by atoms with Crippen LogP contribution in [0.25, 0.3) is 0 Å². The maximum Gasteiger partial charge on any atom is 0.246 e. The molecule has 0 amide bonds. The lowest BCUT2D eigenvalue weighted by molar-refractivity contribution is 0.113. The molecule has 1 aromatic heterocycles. The predicted octanol–water partition coefficient (Wildman–Crippen LogP) is 0.976. The molecule has 0 spiro atoms. The third-order valence-electron chi connectivity index (χ3n) is 5.04. The van der Waals surface area contributed by atoms with Gasteiger partial charge in [0.15, 0.2) is 5.82 Å². The lowest BCUT2D eigenvalue weighted by Crippen LogP contribution is -2.50. The Morgan fingerprint density at radius 2 is 2.00 bits per heavy atom. The molecule has 6 nitrogen and oxygen atoms in total. The molecule has 1 unspecified atom stereocenters. The van der Waals surface area contributed by atoms with Crippen molar-refractivity contribution in [2.24, 2.45) is 5.73 Å². The third kappa shape index (κ3) is 3.27. The molecule has 1 aliphatic carbocycles. The fraction of sp³-hybridized carbons (Fsp3) is 0.867. The zero-order valence-electron chi connectivity index (χ0n) is 13.2. The van der Waals surface area contributed by atoms with Crippen molar-refractivity contribution in [2.75, 3.05) is 33.7 Å². The first-order valence-corrected chi connectivity index (χ1v) is 8.07. The number of hydrogen-bond donors (Lipinski definition) is 1. The topological polar surface area (TPSA) is 71.4 Å². The average molecular weight is 293 g/mol. The molecule has 0 radical (unpaired) electrons. The molecule has 1 aliphatic heterocycles. The van der Waals surface area contributed by atoms with Crippen LogP contribution in [0.4, 0.5) is 0 Å². The van der Waals surface area contributed by atoms with E-state index in [0.29, 0.717) is 11.9 Å². The normalized spacial score (nSPS) is 27.9. The van der Waals surface area contributed by atoms with Gasteiger partial charge in [0.05, 0.1) is 5.54 Å². The number of piperazine rings is 1. The van der Waals surface area contributed by atoms with Gasteiger partial charge in [0.2, 0.25) is 5.89 Å². The highest BCUT2D eigenvalue weighted by Crippen LogP contribution is 2.33. The van der Waals surface area contributed by atoms with Gasteiger partial charge < -0.3 is 20.1 Å². The second-order valence-corrected chi connectivity index (χ2v) is 6.83.